The highest BCUT2D eigenvalue weighted by Gasteiger charge is 2.07. The molecule has 0 aliphatic carbocycles. The number of carbonyl (C=O) groups excluding carboxylic acids is 1. The maximum absolute atomic E-state index is 11.8. The fraction of sp³-hybridized carbons (Fsp3) is 0.200. The number of aromatic nitrogens is 1. The van der Waals surface area contributed by atoms with Gasteiger partial charge in [-0.05, 0) is 36.8 Å². The fourth-order valence-corrected chi connectivity index (χ4v) is 2.01. The van der Waals surface area contributed by atoms with Gasteiger partial charge in [-0.3, -0.25) is 4.79 Å². The SMILES string of the molecule is Cc1ccnc(NC(=O)CCOc2cccc(Cl)c2Cl)c1. The van der Waals surface area contributed by atoms with E-state index >= 15 is 0 Å². The number of ether oxygens (including phenoxy) is 1. The number of hydrogen-bond donors (Lipinski definition) is 1. The monoisotopic (exact) mass is 324 g/mol. The second kappa shape index (κ2) is 7.29. The molecule has 1 aromatic heterocycles. The van der Waals surface area contributed by atoms with Crippen molar-refractivity contribution in [2.75, 3.05) is 11.9 Å². The van der Waals surface area contributed by atoms with E-state index < -0.39 is 0 Å². The summed E-state index contributed by atoms with van der Waals surface area (Å²) < 4.78 is 5.45. The van der Waals surface area contributed by atoms with Crippen molar-refractivity contribution in [1.82, 2.24) is 4.98 Å². The summed E-state index contributed by atoms with van der Waals surface area (Å²) in [6.07, 6.45) is 1.84. The summed E-state index contributed by atoms with van der Waals surface area (Å²) in [5.41, 5.74) is 1.03. The molecule has 0 fully saturated rings. The Morgan fingerprint density at radius 1 is 1.33 bits per heavy atom. The van der Waals surface area contributed by atoms with Gasteiger partial charge in [-0.25, -0.2) is 4.98 Å². The Labute approximate surface area is 133 Å². The second-order valence-electron chi connectivity index (χ2n) is 4.42. The van der Waals surface area contributed by atoms with E-state index in [1.165, 1.54) is 0 Å². The number of halogens is 2. The average molecular weight is 325 g/mol. The number of amides is 1. The molecule has 1 heterocycles. The first-order valence-electron chi connectivity index (χ1n) is 6.35. The largest absolute Gasteiger partial charge is 0.491 e. The number of carbonyl (C=O) groups is 1. The molecular formula is C15H14Cl2N2O2. The number of anilines is 1. The number of nitrogens with zero attached hydrogens (tertiary/aromatic N) is 1. The summed E-state index contributed by atoms with van der Waals surface area (Å²) in [5.74, 6) is 0.817. The van der Waals surface area contributed by atoms with Crippen molar-refractivity contribution >= 4 is 34.9 Å². The molecule has 6 heteroatoms. The van der Waals surface area contributed by atoms with Crippen LogP contribution in [0.25, 0.3) is 0 Å². The lowest BCUT2D eigenvalue weighted by molar-refractivity contribution is -0.116. The summed E-state index contributed by atoms with van der Waals surface area (Å²) in [6, 6.07) is 8.77. The van der Waals surface area contributed by atoms with E-state index in [-0.39, 0.29) is 18.9 Å². The Morgan fingerprint density at radius 2 is 2.14 bits per heavy atom. The Hall–Kier alpha value is -1.78. The molecule has 1 amide bonds. The van der Waals surface area contributed by atoms with Crippen molar-refractivity contribution in [3.63, 3.8) is 0 Å². The minimum absolute atomic E-state index is 0.175. The zero-order chi connectivity index (χ0) is 15.2. The average Bonchev–Trinajstić information content (AvgIpc) is 2.43. The molecule has 21 heavy (non-hydrogen) atoms. The van der Waals surface area contributed by atoms with Crippen LogP contribution < -0.4 is 10.1 Å². The Bertz CT molecular complexity index is 647. The second-order valence-corrected chi connectivity index (χ2v) is 5.20. The van der Waals surface area contributed by atoms with Crippen LogP contribution in [-0.2, 0) is 4.79 Å². The molecule has 0 atom stereocenters. The first kappa shape index (κ1) is 15.6. The highest BCUT2D eigenvalue weighted by atomic mass is 35.5. The third kappa shape index (κ3) is 4.62. The van der Waals surface area contributed by atoms with Crippen molar-refractivity contribution in [3.8, 4) is 5.75 Å². The number of benzene rings is 1. The van der Waals surface area contributed by atoms with Crippen LogP contribution in [0, 0.1) is 6.92 Å². The zero-order valence-corrected chi connectivity index (χ0v) is 12.9. The van der Waals surface area contributed by atoms with Crippen LogP contribution in [0.3, 0.4) is 0 Å². The van der Waals surface area contributed by atoms with Gasteiger partial charge in [0.15, 0.2) is 0 Å². The summed E-state index contributed by atoms with van der Waals surface area (Å²) in [5, 5.41) is 3.47. The van der Waals surface area contributed by atoms with Gasteiger partial charge in [-0.1, -0.05) is 29.3 Å². The molecule has 0 bridgehead atoms. The molecule has 1 aromatic carbocycles. The van der Waals surface area contributed by atoms with E-state index in [2.05, 4.69) is 10.3 Å². The van der Waals surface area contributed by atoms with Gasteiger partial charge < -0.3 is 10.1 Å². The molecular weight excluding hydrogens is 311 g/mol. The molecule has 0 saturated carbocycles. The van der Waals surface area contributed by atoms with Crippen molar-refractivity contribution < 1.29 is 9.53 Å². The first-order valence-corrected chi connectivity index (χ1v) is 7.11. The van der Waals surface area contributed by atoms with Crippen LogP contribution in [-0.4, -0.2) is 17.5 Å². The lowest BCUT2D eigenvalue weighted by Gasteiger charge is -2.09. The Kier molecular flexibility index (Phi) is 5.42. The van der Waals surface area contributed by atoms with Crippen LogP contribution >= 0.6 is 23.2 Å². The number of aryl methyl sites for hydroxylation is 1. The van der Waals surface area contributed by atoms with Gasteiger partial charge in [-0.15, -0.1) is 0 Å². The van der Waals surface area contributed by atoms with Gasteiger partial charge in [0.2, 0.25) is 5.91 Å². The quantitative estimate of drug-likeness (QED) is 0.900. The zero-order valence-electron chi connectivity index (χ0n) is 11.4. The molecule has 4 nitrogen and oxygen atoms in total. The Morgan fingerprint density at radius 3 is 2.90 bits per heavy atom. The molecule has 0 aliphatic heterocycles. The normalized spacial score (nSPS) is 10.2. The maximum atomic E-state index is 11.8. The number of nitrogens with one attached hydrogen (secondary N) is 1. The van der Waals surface area contributed by atoms with Crippen LogP contribution in [0.2, 0.25) is 10.0 Å². The van der Waals surface area contributed by atoms with Crippen LogP contribution in [0.1, 0.15) is 12.0 Å². The van der Waals surface area contributed by atoms with E-state index in [0.717, 1.165) is 5.56 Å². The van der Waals surface area contributed by atoms with Crippen molar-refractivity contribution in [2.45, 2.75) is 13.3 Å². The highest BCUT2D eigenvalue weighted by molar-refractivity contribution is 6.42. The van der Waals surface area contributed by atoms with Gasteiger partial charge in [-0.2, -0.15) is 0 Å². The topological polar surface area (TPSA) is 51.2 Å². The van der Waals surface area contributed by atoms with Crippen LogP contribution in [0.15, 0.2) is 36.5 Å². The van der Waals surface area contributed by atoms with Crippen LogP contribution in [0.4, 0.5) is 5.82 Å². The predicted molar refractivity (Wildman–Crippen MR) is 84.2 cm³/mol. The summed E-state index contributed by atoms with van der Waals surface area (Å²) >= 11 is 11.9. The van der Waals surface area contributed by atoms with E-state index in [9.17, 15) is 4.79 Å². The molecule has 110 valence electrons. The molecule has 2 rings (SSSR count). The Balaban J connectivity index is 1.83. The lowest BCUT2D eigenvalue weighted by atomic mass is 10.3. The van der Waals surface area contributed by atoms with E-state index in [1.807, 2.05) is 13.0 Å². The molecule has 0 aliphatic rings. The van der Waals surface area contributed by atoms with E-state index in [1.54, 1.807) is 30.5 Å². The molecule has 0 radical (unpaired) electrons. The standard InChI is InChI=1S/C15H14Cl2N2O2/c1-10-5-7-18-13(9-10)19-14(20)6-8-21-12-4-2-3-11(16)15(12)17/h2-5,7,9H,6,8H2,1H3,(H,18,19,20). The molecule has 0 saturated heterocycles. The van der Waals surface area contributed by atoms with Gasteiger partial charge in [0, 0.05) is 6.20 Å². The summed E-state index contributed by atoms with van der Waals surface area (Å²) in [4.78, 5) is 15.8. The summed E-state index contributed by atoms with van der Waals surface area (Å²) in [7, 11) is 0. The lowest BCUT2D eigenvalue weighted by Crippen LogP contribution is -2.16. The summed E-state index contributed by atoms with van der Waals surface area (Å²) in [6.45, 7) is 2.14. The number of pyridine rings is 1. The highest BCUT2D eigenvalue weighted by Crippen LogP contribution is 2.31. The van der Waals surface area contributed by atoms with Gasteiger partial charge >= 0.3 is 0 Å². The van der Waals surface area contributed by atoms with Crippen LogP contribution in [0.5, 0.6) is 5.75 Å². The number of hydrogen-bond acceptors (Lipinski definition) is 3. The fourth-order valence-electron chi connectivity index (χ4n) is 1.66. The molecule has 1 N–H and O–H groups in total. The van der Waals surface area contributed by atoms with E-state index in [0.29, 0.717) is 21.6 Å². The van der Waals surface area contributed by atoms with Gasteiger partial charge in [0.25, 0.3) is 0 Å². The predicted octanol–water partition coefficient (Wildman–Crippen LogP) is 4.10. The van der Waals surface area contributed by atoms with Crippen molar-refractivity contribution in [3.05, 3.63) is 52.1 Å². The first-order chi connectivity index (χ1) is 10.1. The smallest absolute Gasteiger partial charge is 0.228 e. The third-order valence-electron chi connectivity index (χ3n) is 2.69. The van der Waals surface area contributed by atoms with Gasteiger partial charge in [0.05, 0.1) is 18.1 Å². The van der Waals surface area contributed by atoms with Crippen molar-refractivity contribution in [2.24, 2.45) is 0 Å². The maximum Gasteiger partial charge on any atom is 0.228 e. The minimum atomic E-state index is -0.175. The number of rotatable bonds is 5. The van der Waals surface area contributed by atoms with Gasteiger partial charge in [0.1, 0.15) is 16.6 Å². The third-order valence-corrected chi connectivity index (χ3v) is 3.49. The molecule has 2 aromatic rings. The minimum Gasteiger partial charge on any atom is -0.491 e. The van der Waals surface area contributed by atoms with Crippen molar-refractivity contribution in [1.29, 1.82) is 0 Å². The van der Waals surface area contributed by atoms with E-state index in [4.69, 9.17) is 27.9 Å². The molecule has 0 unspecified atom stereocenters. The molecule has 0 spiro atoms.